The SMILES string of the molecule is C1COCCO1.CCOC(=O)C(C(=O)OCC)c1ccc2[nH]ncc2c1.Ic1ccc2[nH]ncc2c1. The van der Waals surface area contributed by atoms with Gasteiger partial charge in [0.25, 0.3) is 0 Å². The molecular formula is C25H29IN4O6. The molecule has 1 aliphatic heterocycles. The molecule has 2 aromatic carbocycles. The number of aromatic nitrogens is 4. The quantitative estimate of drug-likeness (QED) is 0.198. The fraction of sp³-hybridized carbons (Fsp3) is 0.360. The number of fused-ring (bicyclic) bond motifs is 2. The summed E-state index contributed by atoms with van der Waals surface area (Å²) in [5.41, 5.74) is 2.47. The summed E-state index contributed by atoms with van der Waals surface area (Å²) in [6, 6.07) is 11.4. The van der Waals surface area contributed by atoms with Crippen molar-refractivity contribution in [3.8, 4) is 0 Å². The van der Waals surface area contributed by atoms with Crippen molar-refractivity contribution >= 4 is 56.3 Å². The lowest BCUT2D eigenvalue weighted by Crippen LogP contribution is -2.26. The van der Waals surface area contributed by atoms with Gasteiger partial charge in [-0.3, -0.25) is 19.8 Å². The molecule has 1 aliphatic rings. The Hall–Kier alpha value is -3.03. The maximum absolute atomic E-state index is 12.0. The van der Waals surface area contributed by atoms with Crippen LogP contribution in [-0.2, 0) is 28.5 Å². The fourth-order valence-corrected chi connectivity index (χ4v) is 3.83. The summed E-state index contributed by atoms with van der Waals surface area (Å²) in [5, 5.41) is 15.5. The molecule has 0 amide bonds. The molecule has 0 bridgehead atoms. The summed E-state index contributed by atoms with van der Waals surface area (Å²) in [5.74, 6) is -2.27. The first kappa shape index (κ1) is 27.6. The third-order valence-corrected chi connectivity index (χ3v) is 5.66. The van der Waals surface area contributed by atoms with Crippen molar-refractivity contribution in [2.75, 3.05) is 39.6 Å². The third kappa shape index (κ3) is 8.00. The number of hydrogen-bond donors (Lipinski definition) is 2. The van der Waals surface area contributed by atoms with Crippen LogP contribution in [0.5, 0.6) is 0 Å². The van der Waals surface area contributed by atoms with Crippen LogP contribution in [0.1, 0.15) is 25.3 Å². The lowest BCUT2D eigenvalue weighted by atomic mass is 9.98. The first-order valence-electron chi connectivity index (χ1n) is 11.5. The highest BCUT2D eigenvalue weighted by Gasteiger charge is 2.31. The van der Waals surface area contributed by atoms with Crippen LogP contribution in [0.2, 0.25) is 0 Å². The smallest absolute Gasteiger partial charge is 0.324 e. The van der Waals surface area contributed by atoms with Crippen LogP contribution in [0, 0.1) is 3.57 Å². The Morgan fingerprint density at radius 1 is 0.861 bits per heavy atom. The summed E-state index contributed by atoms with van der Waals surface area (Å²) in [6.07, 6.45) is 3.46. The fourth-order valence-electron chi connectivity index (χ4n) is 3.31. The topological polar surface area (TPSA) is 128 Å². The van der Waals surface area contributed by atoms with Crippen molar-refractivity contribution in [1.82, 2.24) is 20.4 Å². The molecule has 5 rings (SSSR count). The summed E-state index contributed by atoms with van der Waals surface area (Å²) in [7, 11) is 0. The third-order valence-electron chi connectivity index (χ3n) is 4.99. The van der Waals surface area contributed by atoms with Crippen LogP contribution < -0.4 is 0 Å². The van der Waals surface area contributed by atoms with Crippen LogP contribution in [0.3, 0.4) is 0 Å². The maximum atomic E-state index is 12.0. The number of rotatable bonds is 5. The normalized spacial score (nSPS) is 12.9. The lowest BCUT2D eigenvalue weighted by molar-refractivity contribution is -0.156. The van der Waals surface area contributed by atoms with Gasteiger partial charge in [0.1, 0.15) is 0 Å². The number of halogens is 1. The highest BCUT2D eigenvalue weighted by atomic mass is 127. The standard InChI is InChI=1S/C14H16N2O4.C7H5IN2.C4H8O2/c1-3-19-13(17)12(14(18)20-4-2)9-5-6-11-10(7-9)8-15-16-11;8-6-1-2-7-5(3-6)4-9-10-7;1-2-6-4-3-5-1/h5-8,12H,3-4H2,1-2H3,(H,15,16);1-4H,(H,9,10);1-4H2. The molecule has 1 fully saturated rings. The number of nitrogens with one attached hydrogen (secondary N) is 2. The Kier molecular flexibility index (Phi) is 11.1. The highest BCUT2D eigenvalue weighted by Crippen LogP contribution is 2.23. The van der Waals surface area contributed by atoms with E-state index < -0.39 is 17.9 Å². The first-order valence-corrected chi connectivity index (χ1v) is 12.6. The molecule has 1 saturated heterocycles. The molecule has 2 aromatic heterocycles. The van der Waals surface area contributed by atoms with Gasteiger partial charge in [-0.2, -0.15) is 10.2 Å². The molecule has 0 unspecified atom stereocenters. The van der Waals surface area contributed by atoms with Crippen LogP contribution in [0.4, 0.5) is 0 Å². The van der Waals surface area contributed by atoms with E-state index in [0.717, 1.165) is 42.8 Å². The molecule has 192 valence electrons. The van der Waals surface area contributed by atoms with Crippen molar-refractivity contribution in [2.45, 2.75) is 19.8 Å². The van der Waals surface area contributed by atoms with E-state index >= 15 is 0 Å². The molecule has 0 atom stereocenters. The lowest BCUT2D eigenvalue weighted by Gasteiger charge is -2.14. The van der Waals surface area contributed by atoms with Crippen molar-refractivity contribution in [3.63, 3.8) is 0 Å². The largest absolute Gasteiger partial charge is 0.465 e. The van der Waals surface area contributed by atoms with Crippen LogP contribution >= 0.6 is 22.6 Å². The summed E-state index contributed by atoms with van der Waals surface area (Å²) in [4.78, 5) is 24.0. The van der Waals surface area contributed by atoms with Gasteiger partial charge >= 0.3 is 11.9 Å². The van der Waals surface area contributed by atoms with E-state index in [2.05, 4.69) is 55.1 Å². The Labute approximate surface area is 222 Å². The summed E-state index contributed by atoms with van der Waals surface area (Å²) < 4.78 is 21.0. The van der Waals surface area contributed by atoms with E-state index in [1.807, 2.05) is 12.3 Å². The van der Waals surface area contributed by atoms with Crippen molar-refractivity contribution in [3.05, 3.63) is 57.9 Å². The summed E-state index contributed by atoms with van der Waals surface area (Å²) in [6.45, 7) is 6.92. The van der Waals surface area contributed by atoms with Crippen molar-refractivity contribution in [2.24, 2.45) is 0 Å². The van der Waals surface area contributed by atoms with Gasteiger partial charge in [0, 0.05) is 14.3 Å². The molecule has 3 heterocycles. The number of hydrogen-bond acceptors (Lipinski definition) is 8. The Morgan fingerprint density at radius 3 is 1.86 bits per heavy atom. The molecule has 10 nitrogen and oxygen atoms in total. The zero-order valence-electron chi connectivity index (χ0n) is 20.2. The first-order chi connectivity index (χ1) is 17.5. The molecular weight excluding hydrogens is 579 g/mol. The van der Waals surface area contributed by atoms with Crippen molar-refractivity contribution < 1.29 is 28.5 Å². The van der Waals surface area contributed by atoms with E-state index in [1.165, 1.54) is 8.96 Å². The molecule has 0 spiro atoms. The second kappa shape index (κ2) is 14.5. The number of esters is 2. The Bertz CT molecular complexity index is 1220. The predicted octanol–water partition coefficient (Wildman–Crippen LogP) is 3.97. The van der Waals surface area contributed by atoms with Crippen LogP contribution in [0.15, 0.2) is 48.8 Å². The number of ether oxygens (including phenoxy) is 4. The monoisotopic (exact) mass is 608 g/mol. The number of aromatic amines is 2. The Morgan fingerprint density at radius 2 is 1.36 bits per heavy atom. The zero-order valence-corrected chi connectivity index (χ0v) is 22.3. The molecule has 0 aliphatic carbocycles. The molecule has 36 heavy (non-hydrogen) atoms. The van der Waals surface area contributed by atoms with Gasteiger partial charge in [0.15, 0.2) is 5.92 Å². The zero-order chi connectivity index (χ0) is 25.8. The van der Waals surface area contributed by atoms with Gasteiger partial charge < -0.3 is 18.9 Å². The van der Waals surface area contributed by atoms with Crippen molar-refractivity contribution in [1.29, 1.82) is 0 Å². The number of nitrogens with zero attached hydrogens (tertiary/aromatic N) is 2. The number of benzene rings is 2. The number of carbonyl (C=O) groups is 2. The van der Waals surface area contributed by atoms with Gasteiger partial charge in [0.2, 0.25) is 0 Å². The highest BCUT2D eigenvalue weighted by molar-refractivity contribution is 14.1. The predicted molar refractivity (Wildman–Crippen MR) is 143 cm³/mol. The van der Waals surface area contributed by atoms with Gasteiger partial charge in [-0.15, -0.1) is 0 Å². The summed E-state index contributed by atoms with van der Waals surface area (Å²) >= 11 is 2.28. The second-order valence-corrected chi connectivity index (χ2v) is 8.73. The average molecular weight is 608 g/mol. The van der Waals surface area contributed by atoms with Gasteiger partial charge in [0.05, 0.1) is 63.1 Å². The molecule has 4 aromatic rings. The van der Waals surface area contributed by atoms with Gasteiger partial charge in [-0.25, -0.2) is 0 Å². The minimum Gasteiger partial charge on any atom is -0.465 e. The van der Waals surface area contributed by atoms with E-state index in [0.29, 0.717) is 5.56 Å². The molecule has 2 N–H and O–H groups in total. The minimum atomic E-state index is -1.06. The van der Waals surface area contributed by atoms with E-state index in [1.54, 1.807) is 38.2 Å². The van der Waals surface area contributed by atoms with Gasteiger partial charge in [-0.1, -0.05) is 6.07 Å². The number of carbonyl (C=O) groups excluding carboxylic acids is 2. The molecule has 0 saturated carbocycles. The van der Waals surface area contributed by atoms with Crippen LogP contribution in [-0.4, -0.2) is 72.0 Å². The molecule has 0 radical (unpaired) electrons. The minimum absolute atomic E-state index is 0.211. The van der Waals surface area contributed by atoms with E-state index in [-0.39, 0.29) is 13.2 Å². The maximum Gasteiger partial charge on any atom is 0.324 e. The molecule has 11 heteroatoms. The van der Waals surface area contributed by atoms with Crippen LogP contribution in [0.25, 0.3) is 21.8 Å². The second-order valence-electron chi connectivity index (χ2n) is 7.48. The Balaban J connectivity index is 0.000000184. The van der Waals surface area contributed by atoms with E-state index in [9.17, 15) is 9.59 Å². The van der Waals surface area contributed by atoms with Gasteiger partial charge in [-0.05, 0) is 72.3 Å². The number of H-pyrrole nitrogens is 2. The van der Waals surface area contributed by atoms with E-state index in [4.69, 9.17) is 18.9 Å². The average Bonchev–Trinajstić information content (AvgIpc) is 3.55.